The van der Waals surface area contributed by atoms with Gasteiger partial charge in [-0.05, 0) is 35.7 Å². The van der Waals surface area contributed by atoms with Crippen molar-refractivity contribution in [1.29, 1.82) is 5.26 Å². The summed E-state index contributed by atoms with van der Waals surface area (Å²) < 4.78 is 0. The topological polar surface area (TPSA) is 76.4 Å². The minimum atomic E-state index is -0.199. The van der Waals surface area contributed by atoms with Gasteiger partial charge in [-0.3, -0.25) is 9.69 Å². The van der Waals surface area contributed by atoms with E-state index in [0.29, 0.717) is 29.2 Å². The van der Waals surface area contributed by atoms with Crippen molar-refractivity contribution in [2.24, 2.45) is 0 Å². The molecule has 0 saturated carbocycles. The predicted octanol–water partition coefficient (Wildman–Crippen LogP) is 4.62. The molecule has 0 unspecified atom stereocenters. The molecule has 0 aliphatic rings. The lowest BCUT2D eigenvalue weighted by atomic mass is 9.96. The number of nitrogens with zero attached hydrogens (tertiary/aromatic N) is 2. The van der Waals surface area contributed by atoms with E-state index in [9.17, 15) is 9.90 Å². The molecule has 0 radical (unpaired) electrons. The normalized spacial score (nSPS) is 10.8. The Bertz CT molecular complexity index is 996. The Morgan fingerprint density at radius 2 is 1.65 bits per heavy atom. The third kappa shape index (κ3) is 6.16. The van der Waals surface area contributed by atoms with Gasteiger partial charge in [0.25, 0.3) is 0 Å². The van der Waals surface area contributed by atoms with Crippen molar-refractivity contribution in [3.63, 3.8) is 0 Å². The van der Waals surface area contributed by atoms with Crippen molar-refractivity contribution in [2.75, 3.05) is 25.0 Å². The van der Waals surface area contributed by atoms with Gasteiger partial charge in [0.15, 0.2) is 0 Å². The largest absolute Gasteiger partial charge is 0.396 e. The van der Waals surface area contributed by atoms with E-state index in [2.05, 4.69) is 10.2 Å². The maximum Gasteiger partial charge on any atom is 0.238 e. The summed E-state index contributed by atoms with van der Waals surface area (Å²) in [5.74, 6) is -0.199. The summed E-state index contributed by atoms with van der Waals surface area (Å²) in [6.45, 7) is 0.720. The molecule has 31 heavy (non-hydrogen) atoms. The van der Waals surface area contributed by atoms with E-state index in [0.717, 1.165) is 11.1 Å². The van der Waals surface area contributed by atoms with Gasteiger partial charge in [0.05, 0.1) is 23.2 Å². The highest BCUT2D eigenvalue weighted by atomic mass is 35.5. The van der Waals surface area contributed by atoms with Gasteiger partial charge in [-0.1, -0.05) is 72.3 Å². The van der Waals surface area contributed by atoms with E-state index in [1.54, 1.807) is 18.2 Å². The van der Waals surface area contributed by atoms with Crippen LogP contribution in [-0.4, -0.2) is 35.6 Å². The maximum absolute atomic E-state index is 12.9. The summed E-state index contributed by atoms with van der Waals surface area (Å²) in [7, 11) is 0. The van der Waals surface area contributed by atoms with Crippen molar-refractivity contribution < 1.29 is 9.90 Å². The first kappa shape index (κ1) is 22.5. The van der Waals surface area contributed by atoms with Gasteiger partial charge in [-0.2, -0.15) is 5.26 Å². The van der Waals surface area contributed by atoms with Crippen LogP contribution >= 0.6 is 11.6 Å². The molecule has 6 heteroatoms. The van der Waals surface area contributed by atoms with Gasteiger partial charge in [-0.15, -0.1) is 0 Å². The Balaban J connectivity index is 1.85. The lowest BCUT2D eigenvalue weighted by Crippen LogP contribution is -2.37. The van der Waals surface area contributed by atoms with Gasteiger partial charge in [0.1, 0.15) is 6.07 Å². The Kier molecular flexibility index (Phi) is 8.19. The molecule has 0 atom stereocenters. The van der Waals surface area contributed by atoms with E-state index < -0.39 is 0 Å². The first-order chi connectivity index (χ1) is 15.1. The van der Waals surface area contributed by atoms with Crippen LogP contribution in [-0.2, 0) is 4.79 Å². The van der Waals surface area contributed by atoms with Crippen molar-refractivity contribution in [3.05, 3.63) is 101 Å². The molecule has 3 rings (SSSR count). The molecule has 0 spiro atoms. The molecule has 0 aliphatic carbocycles. The summed E-state index contributed by atoms with van der Waals surface area (Å²) in [6, 6.07) is 26.7. The number of nitriles is 1. The average Bonchev–Trinajstić information content (AvgIpc) is 2.79. The molecular weight excluding hydrogens is 410 g/mol. The fraction of sp³-hybridized carbons (Fsp3) is 0.200. The lowest BCUT2D eigenvalue weighted by molar-refractivity contribution is -0.117. The van der Waals surface area contributed by atoms with E-state index >= 15 is 0 Å². The van der Waals surface area contributed by atoms with E-state index in [1.165, 1.54) is 0 Å². The second-order valence-electron chi connectivity index (χ2n) is 7.13. The Labute approximate surface area is 187 Å². The quantitative estimate of drug-likeness (QED) is 0.516. The molecule has 0 aromatic heterocycles. The average molecular weight is 434 g/mol. The van der Waals surface area contributed by atoms with Gasteiger partial charge in [-0.25, -0.2) is 0 Å². The van der Waals surface area contributed by atoms with E-state index in [4.69, 9.17) is 16.9 Å². The number of benzene rings is 3. The van der Waals surface area contributed by atoms with Crippen molar-refractivity contribution in [2.45, 2.75) is 12.5 Å². The number of aliphatic hydroxyl groups is 1. The highest BCUT2D eigenvalue weighted by Gasteiger charge is 2.24. The molecule has 158 valence electrons. The SMILES string of the molecule is N#Cc1ccc(NC(=O)CN(CCCO)C(c2ccccc2)c2ccccc2)cc1Cl. The summed E-state index contributed by atoms with van der Waals surface area (Å²) in [5, 5.41) is 21.6. The number of carbonyl (C=O) groups excluding carboxylic acids is 1. The van der Waals surface area contributed by atoms with Crippen molar-refractivity contribution in [1.82, 2.24) is 4.90 Å². The third-order valence-electron chi connectivity index (χ3n) is 4.92. The summed E-state index contributed by atoms with van der Waals surface area (Å²) in [4.78, 5) is 15.0. The zero-order valence-electron chi connectivity index (χ0n) is 17.0. The minimum Gasteiger partial charge on any atom is -0.396 e. The number of anilines is 1. The number of rotatable bonds is 9. The Hall–Kier alpha value is -3.17. The fourth-order valence-corrected chi connectivity index (χ4v) is 3.75. The monoisotopic (exact) mass is 433 g/mol. The first-order valence-corrected chi connectivity index (χ1v) is 10.4. The third-order valence-corrected chi connectivity index (χ3v) is 5.23. The second-order valence-corrected chi connectivity index (χ2v) is 7.53. The molecule has 2 N–H and O–H groups in total. The lowest BCUT2D eigenvalue weighted by Gasteiger charge is -2.32. The van der Waals surface area contributed by atoms with Crippen LogP contribution in [0.3, 0.4) is 0 Å². The highest BCUT2D eigenvalue weighted by molar-refractivity contribution is 6.32. The molecular formula is C25H24ClN3O2. The van der Waals surface area contributed by atoms with E-state index in [1.807, 2.05) is 66.7 Å². The molecule has 0 fully saturated rings. The second kappa shape index (κ2) is 11.3. The fourth-order valence-electron chi connectivity index (χ4n) is 3.53. The van der Waals surface area contributed by atoms with Crippen LogP contribution in [0.2, 0.25) is 5.02 Å². The summed E-state index contributed by atoms with van der Waals surface area (Å²) in [5.41, 5.74) is 3.03. The van der Waals surface area contributed by atoms with Crippen LogP contribution < -0.4 is 5.32 Å². The van der Waals surface area contributed by atoms with Gasteiger partial charge < -0.3 is 10.4 Å². The standard InChI is InChI=1S/C25H24ClN3O2/c26-23-16-22(13-12-21(23)17-27)28-24(31)18-29(14-7-15-30)25(19-8-3-1-4-9-19)20-10-5-2-6-11-20/h1-6,8-13,16,25,30H,7,14-15,18H2,(H,28,31). The van der Waals surface area contributed by atoms with Crippen LogP contribution in [0.1, 0.15) is 29.2 Å². The number of hydrogen-bond acceptors (Lipinski definition) is 4. The number of aliphatic hydroxyl groups excluding tert-OH is 1. The van der Waals surface area contributed by atoms with Gasteiger partial charge in [0.2, 0.25) is 5.91 Å². The van der Waals surface area contributed by atoms with Crippen LogP contribution in [0.25, 0.3) is 0 Å². The van der Waals surface area contributed by atoms with Crippen LogP contribution in [0.5, 0.6) is 0 Å². The number of amides is 1. The van der Waals surface area contributed by atoms with Crippen LogP contribution in [0.4, 0.5) is 5.69 Å². The Morgan fingerprint density at radius 3 is 2.16 bits per heavy atom. The maximum atomic E-state index is 12.9. The molecule has 0 bridgehead atoms. The Morgan fingerprint density at radius 1 is 1.03 bits per heavy atom. The zero-order chi connectivity index (χ0) is 22.1. The smallest absolute Gasteiger partial charge is 0.238 e. The van der Waals surface area contributed by atoms with Crippen LogP contribution in [0, 0.1) is 11.3 Å². The van der Waals surface area contributed by atoms with Gasteiger partial charge in [0, 0.05) is 18.8 Å². The molecule has 5 nitrogen and oxygen atoms in total. The van der Waals surface area contributed by atoms with Gasteiger partial charge >= 0.3 is 0 Å². The molecule has 0 aliphatic heterocycles. The first-order valence-electron chi connectivity index (χ1n) is 10.1. The number of hydrogen-bond donors (Lipinski definition) is 2. The highest BCUT2D eigenvalue weighted by Crippen LogP contribution is 2.29. The molecule has 3 aromatic rings. The minimum absolute atomic E-state index is 0.0413. The predicted molar refractivity (Wildman–Crippen MR) is 123 cm³/mol. The number of nitrogens with one attached hydrogen (secondary N) is 1. The zero-order valence-corrected chi connectivity index (χ0v) is 17.8. The molecule has 1 amide bonds. The van der Waals surface area contributed by atoms with Crippen molar-refractivity contribution >= 4 is 23.2 Å². The number of halogens is 1. The molecule has 0 saturated heterocycles. The van der Waals surface area contributed by atoms with Crippen LogP contribution in [0.15, 0.2) is 78.9 Å². The molecule has 3 aromatic carbocycles. The number of carbonyl (C=O) groups is 1. The molecule has 0 heterocycles. The van der Waals surface area contributed by atoms with Crippen molar-refractivity contribution in [3.8, 4) is 6.07 Å². The summed E-state index contributed by atoms with van der Waals surface area (Å²) >= 11 is 6.09. The van der Waals surface area contributed by atoms with E-state index in [-0.39, 0.29) is 25.1 Å². The summed E-state index contributed by atoms with van der Waals surface area (Å²) in [6.07, 6.45) is 0.548.